The number of piperidine rings is 1. The van der Waals surface area contributed by atoms with Crippen LogP contribution in [0.3, 0.4) is 0 Å². The minimum Gasteiger partial charge on any atom is -0.497 e. The summed E-state index contributed by atoms with van der Waals surface area (Å²) in [6.07, 6.45) is 4.47. The summed E-state index contributed by atoms with van der Waals surface area (Å²) in [6, 6.07) is 6.02. The molecule has 0 saturated carbocycles. The molecule has 0 bridgehead atoms. The Hall–Kier alpha value is -0.610. The Bertz CT molecular complexity index is 444. The van der Waals surface area contributed by atoms with E-state index in [1.54, 1.807) is 14.0 Å². The van der Waals surface area contributed by atoms with Crippen molar-refractivity contribution in [1.82, 2.24) is 5.32 Å². The molecule has 0 radical (unpaired) electrons. The molecular formula is C16H23BrFNO. The van der Waals surface area contributed by atoms with Crippen LogP contribution >= 0.6 is 15.9 Å². The molecule has 0 spiro atoms. The van der Waals surface area contributed by atoms with Gasteiger partial charge in [0.2, 0.25) is 0 Å². The lowest BCUT2D eigenvalue weighted by atomic mass is 9.88. The van der Waals surface area contributed by atoms with Gasteiger partial charge in [-0.2, -0.15) is 0 Å². The third-order valence-electron chi connectivity index (χ3n) is 3.90. The van der Waals surface area contributed by atoms with E-state index in [0.717, 1.165) is 28.8 Å². The van der Waals surface area contributed by atoms with Crippen LogP contribution in [0.25, 0.3) is 0 Å². The van der Waals surface area contributed by atoms with Gasteiger partial charge in [0.1, 0.15) is 11.4 Å². The van der Waals surface area contributed by atoms with Crippen LogP contribution in [-0.2, 0) is 6.42 Å². The Morgan fingerprint density at radius 2 is 2.25 bits per heavy atom. The average molecular weight is 344 g/mol. The second kappa shape index (κ2) is 6.90. The number of hydrogen-bond donors (Lipinski definition) is 1. The highest BCUT2D eigenvalue weighted by Gasteiger charge is 2.29. The largest absolute Gasteiger partial charge is 0.497 e. The Balaban J connectivity index is 2.02. The molecule has 1 aromatic carbocycles. The van der Waals surface area contributed by atoms with Crippen LogP contribution in [0, 0.1) is 0 Å². The molecule has 0 aromatic heterocycles. The SMILES string of the molecule is COc1ccc(Br)c(CC(C)(F)CC2CCCCN2)c1. The van der Waals surface area contributed by atoms with Gasteiger partial charge in [0, 0.05) is 16.9 Å². The molecule has 1 aliphatic heterocycles. The molecule has 4 heteroatoms. The Morgan fingerprint density at radius 3 is 2.90 bits per heavy atom. The standard InChI is InChI=1S/C16H23BrFNO/c1-16(18,11-13-5-3-4-8-19-13)10-12-9-14(20-2)6-7-15(12)17/h6-7,9,13,19H,3-5,8,10-11H2,1-2H3. The van der Waals surface area contributed by atoms with Gasteiger partial charge >= 0.3 is 0 Å². The van der Waals surface area contributed by atoms with Crippen LogP contribution in [0.5, 0.6) is 5.75 Å². The zero-order chi connectivity index (χ0) is 14.6. The normalized spacial score (nSPS) is 22.3. The van der Waals surface area contributed by atoms with Gasteiger partial charge < -0.3 is 10.1 Å². The highest BCUT2D eigenvalue weighted by molar-refractivity contribution is 9.10. The summed E-state index contributed by atoms with van der Waals surface area (Å²) in [4.78, 5) is 0. The van der Waals surface area contributed by atoms with E-state index in [0.29, 0.717) is 18.9 Å². The fourth-order valence-corrected chi connectivity index (χ4v) is 3.28. The van der Waals surface area contributed by atoms with Crippen molar-refractivity contribution in [1.29, 1.82) is 0 Å². The number of hydrogen-bond acceptors (Lipinski definition) is 2. The van der Waals surface area contributed by atoms with Crippen molar-refractivity contribution in [3.05, 3.63) is 28.2 Å². The van der Waals surface area contributed by atoms with Gasteiger partial charge in [-0.1, -0.05) is 22.4 Å². The molecule has 0 aliphatic carbocycles. The molecule has 1 heterocycles. The molecule has 1 aromatic rings. The molecule has 2 rings (SSSR count). The van der Waals surface area contributed by atoms with Crippen LogP contribution in [0.2, 0.25) is 0 Å². The van der Waals surface area contributed by atoms with E-state index in [2.05, 4.69) is 21.2 Å². The van der Waals surface area contributed by atoms with E-state index < -0.39 is 5.67 Å². The lowest BCUT2D eigenvalue weighted by Crippen LogP contribution is -2.40. The molecule has 20 heavy (non-hydrogen) atoms. The Labute approximate surface area is 129 Å². The first-order valence-electron chi connectivity index (χ1n) is 7.25. The summed E-state index contributed by atoms with van der Waals surface area (Å²) >= 11 is 3.50. The number of halogens is 2. The maximum absolute atomic E-state index is 14.9. The van der Waals surface area contributed by atoms with Crippen molar-refractivity contribution in [2.24, 2.45) is 0 Å². The van der Waals surface area contributed by atoms with Crippen LogP contribution in [0.1, 0.15) is 38.2 Å². The molecule has 0 amide bonds. The third kappa shape index (κ3) is 4.45. The lowest BCUT2D eigenvalue weighted by Gasteiger charge is -2.30. The van der Waals surface area contributed by atoms with Gasteiger partial charge in [0.05, 0.1) is 7.11 Å². The van der Waals surface area contributed by atoms with E-state index in [1.807, 2.05) is 18.2 Å². The van der Waals surface area contributed by atoms with Gasteiger partial charge in [-0.05, 0) is 56.5 Å². The van der Waals surface area contributed by atoms with Gasteiger partial charge in [0.25, 0.3) is 0 Å². The van der Waals surface area contributed by atoms with Crippen LogP contribution in [0.4, 0.5) is 4.39 Å². The monoisotopic (exact) mass is 343 g/mol. The number of nitrogens with one attached hydrogen (secondary N) is 1. The van der Waals surface area contributed by atoms with E-state index in [4.69, 9.17) is 4.74 Å². The quantitative estimate of drug-likeness (QED) is 0.862. The van der Waals surface area contributed by atoms with E-state index in [-0.39, 0.29) is 0 Å². The molecule has 112 valence electrons. The number of rotatable bonds is 5. The van der Waals surface area contributed by atoms with Crippen LogP contribution in [-0.4, -0.2) is 25.4 Å². The second-order valence-corrected chi connectivity index (χ2v) is 6.75. The van der Waals surface area contributed by atoms with Crippen molar-refractivity contribution in [2.75, 3.05) is 13.7 Å². The fraction of sp³-hybridized carbons (Fsp3) is 0.625. The molecule has 1 aliphatic rings. The lowest BCUT2D eigenvalue weighted by molar-refractivity contribution is 0.145. The van der Waals surface area contributed by atoms with Crippen LogP contribution < -0.4 is 10.1 Å². The molecule has 1 fully saturated rings. The summed E-state index contributed by atoms with van der Waals surface area (Å²) < 4.78 is 21.0. The van der Waals surface area contributed by atoms with Gasteiger partial charge in [-0.25, -0.2) is 4.39 Å². The first-order chi connectivity index (χ1) is 9.50. The van der Waals surface area contributed by atoms with Crippen molar-refractivity contribution >= 4 is 15.9 Å². The number of ether oxygens (including phenoxy) is 1. The molecule has 2 nitrogen and oxygen atoms in total. The van der Waals surface area contributed by atoms with Crippen molar-refractivity contribution in [2.45, 2.75) is 50.7 Å². The van der Waals surface area contributed by atoms with E-state index >= 15 is 0 Å². The zero-order valence-corrected chi connectivity index (χ0v) is 13.8. The average Bonchev–Trinajstić information content (AvgIpc) is 2.41. The first-order valence-corrected chi connectivity index (χ1v) is 8.04. The molecule has 2 atom stereocenters. The van der Waals surface area contributed by atoms with Crippen molar-refractivity contribution in [3.8, 4) is 5.75 Å². The summed E-state index contributed by atoms with van der Waals surface area (Å²) in [5, 5.41) is 3.42. The highest BCUT2D eigenvalue weighted by atomic mass is 79.9. The number of benzene rings is 1. The first kappa shape index (κ1) is 15.8. The molecule has 1 saturated heterocycles. The van der Waals surface area contributed by atoms with E-state index in [9.17, 15) is 4.39 Å². The predicted molar refractivity (Wildman–Crippen MR) is 84.2 cm³/mol. The zero-order valence-electron chi connectivity index (χ0n) is 12.2. The maximum atomic E-state index is 14.9. The smallest absolute Gasteiger partial charge is 0.119 e. The minimum atomic E-state index is -1.20. The number of alkyl halides is 1. The van der Waals surface area contributed by atoms with Crippen LogP contribution in [0.15, 0.2) is 22.7 Å². The predicted octanol–water partition coefficient (Wildman–Crippen LogP) is 4.26. The minimum absolute atomic E-state index is 0.308. The summed E-state index contributed by atoms with van der Waals surface area (Å²) in [5.41, 5.74) is -0.241. The summed E-state index contributed by atoms with van der Waals surface area (Å²) in [5.74, 6) is 0.773. The van der Waals surface area contributed by atoms with Gasteiger partial charge in [0.15, 0.2) is 0 Å². The topological polar surface area (TPSA) is 21.3 Å². The van der Waals surface area contributed by atoms with Crippen molar-refractivity contribution in [3.63, 3.8) is 0 Å². The highest BCUT2D eigenvalue weighted by Crippen LogP contribution is 2.31. The molecule has 2 unspecified atom stereocenters. The van der Waals surface area contributed by atoms with Crippen molar-refractivity contribution < 1.29 is 9.13 Å². The Kier molecular flexibility index (Phi) is 5.44. The fourth-order valence-electron chi connectivity index (χ4n) is 2.89. The maximum Gasteiger partial charge on any atom is 0.119 e. The third-order valence-corrected chi connectivity index (χ3v) is 4.67. The Morgan fingerprint density at radius 1 is 1.45 bits per heavy atom. The molecular weight excluding hydrogens is 321 g/mol. The molecule has 1 N–H and O–H groups in total. The van der Waals surface area contributed by atoms with Gasteiger partial charge in [-0.3, -0.25) is 0 Å². The summed E-state index contributed by atoms with van der Waals surface area (Å²) in [6.45, 7) is 2.72. The van der Waals surface area contributed by atoms with E-state index in [1.165, 1.54) is 12.8 Å². The number of methoxy groups -OCH3 is 1. The summed E-state index contributed by atoms with van der Waals surface area (Å²) in [7, 11) is 1.63. The van der Waals surface area contributed by atoms with Gasteiger partial charge in [-0.15, -0.1) is 0 Å². The second-order valence-electron chi connectivity index (χ2n) is 5.90.